The molecule has 0 unspecified atom stereocenters. The summed E-state index contributed by atoms with van der Waals surface area (Å²) < 4.78 is 103. The molecule has 6 heteroatoms. The Morgan fingerprint density at radius 1 is 0.566 bits per heavy atom. The summed E-state index contributed by atoms with van der Waals surface area (Å²) in [5, 5.41) is 1.99. The average molecular weight is 1170 g/mol. The molecule has 3 aromatic heterocycles. The molecule has 0 spiro atoms. The van der Waals surface area contributed by atoms with E-state index in [1.165, 1.54) is 0 Å². The maximum absolute atomic E-state index is 9.34. The molecule has 0 saturated carbocycles. The van der Waals surface area contributed by atoms with Crippen molar-refractivity contribution in [3.05, 3.63) is 258 Å². The zero-order valence-electron chi connectivity index (χ0n) is 52.9. The van der Waals surface area contributed by atoms with Crippen LogP contribution in [0, 0.1) is 18.5 Å². The second-order valence-corrected chi connectivity index (χ2v) is 21.3. The van der Waals surface area contributed by atoms with Crippen LogP contribution < -0.4 is 9.30 Å². The second kappa shape index (κ2) is 18.6. The standard InChI is InChI=1S/C70H56N4O.Pt/c1-68(2,3)49-37-38-71-66(39-49)74-61-36-20-17-31-54(61)56-41-55(48-27-15-10-16-28-48)65(44-62(56)74)75-51-30-21-29-50(40-51)72-45-73(67-52(46-23-11-8-12-24-46)32-22-33-53(67)47-25-13-9-14-26-47)64-43-60-59(42-63(64)72)69(4,5)57-34-18-19-35-58(57)70(60,6)7;/h8-39,41-43H,1-7H3;/q-2;/i8D,9D,11D,12D,13D,14D,23D,24D,25D,26D;. The van der Waals surface area contributed by atoms with E-state index in [4.69, 9.17) is 17.9 Å². The van der Waals surface area contributed by atoms with Gasteiger partial charge in [-0.15, -0.1) is 23.6 Å². The molecule has 0 radical (unpaired) electrons. The zero-order valence-corrected chi connectivity index (χ0v) is 45.2. The van der Waals surface area contributed by atoms with Crippen LogP contribution in [0.4, 0.5) is 0 Å². The Bertz CT molecular complexity index is 4670. The number of hydrogen-bond donors (Lipinski definition) is 0. The zero-order chi connectivity index (χ0) is 59.9. The first-order valence-electron chi connectivity index (χ1n) is 30.1. The maximum Gasteiger partial charge on any atom is 0.268 e. The quantitative estimate of drug-likeness (QED) is 0.112. The number of aromatic nitrogens is 4. The van der Waals surface area contributed by atoms with E-state index in [9.17, 15) is 5.48 Å². The van der Waals surface area contributed by atoms with Crippen molar-refractivity contribution in [2.45, 2.75) is 64.7 Å². The van der Waals surface area contributed by atoms with Crippen molar-refractivity contribution in [3.8, 4) is 62.1 Å². The second-order valence-electron chi connectivity index (χ2n) is 21.3. The number of pyridine rings is 1. The third-order valence-corrected chi connectivity index (χ3v) is 15.0. The van der Waals surface area contributed by atoms with Gasteiger partial charge in [0.1, 0.15) is 5.82 Å². The minimum atomic E-state index is -0.578. The molecular formula is C70H56N4OPt-2. The smallest absolute Gasteiger partial charge is 0.268 e. The van der Waals surface area contributed by atoms with E-state index in [2.05, 4.69) is 126 Å². The Morgan fingerprint density at radius 2 is 1.18 bits per heavy atom. The van der Waals surface area contributed by atoms with Gasteiger partial charge in [-0.2, -0.15) is 18.2 Å². The van der Waals surface area contributed by atoms with Crippen LogP contribution in [-0.4, -0.2) is 14.1 Å². The monoisotopic (exact) mass is 1170 g/mol. The van der Waals surface area contributed by atoms with Gasteiger partial charge in [0.2, 0.25) is 0 Å². The first-order valence-corrected chi connectivity index (χ1v) is 25.1. The molecule has 76 heavy (non-hydrogen) atoms. The van der Waals surface area contributed by atoms with E-state index in [-0.39, 0.29) is 54.4 Å². The third-order valence-electron chi connectivity index (χ3n) is 15.0. The maximum atomic E-state index is 9.34. The molecule has 12 aromatic rings. The molecule has 0 amide bonds. The number of hydrogen-bond acceptors (Lipinski definition) is 2. The Kier molecular flexibility index (Phi) is 9.42. The van der Waals surface area contributed by atoms with Gasteiger partial charge in [0.15, 0.2) is 0 Å². The van der Waals surface area contributed by atoms with E-state index in [1.54, 1.807) is 22.8 Å². The molecule has 0 aliphatic heterocycles. The van der Waals surface area contributed by atoms with Crippen LogP contribution in [0.25, 0.3) is 83.4 Å². The Labute approximate surface area is 474 Å². The average Bonchev–Trinajstić information content (AvgIpc) is 1.24. The van der Waals surface area contributed by atoms with Gasteiger partial charge in [-0.05, 0) is 96.9 Å². The summed E-state index contributed by atoms with van der Waals surface area (Å²) in [4.78, 5) is 4.93. The van der Waals surface area contributed by atoms with Gasteiger partial charge in [0.05, 0.1) is 30.4 Å². The van der Waals surface area contributed by atoms with Crippen molar-refractivity contribution >= 4 is 32.8 Å². The first-order chi connectivity index (χ1) is 40.5. The van der Waals surface area contributed by atoms with Crippen LogP contribution in [-0.2, 0) is 37.3 Å². The summed E-state index contributed by atoms with van der Waals surface area (Å²) in [6.07, 6.45) is 5.48. The van der Waals surface area contributed by atoms with Crippen LogP contribution in [0.1, 0.15) is 90.0 Å². The number of imidazole rings is 1. The summed E-state index contributed by atoms with van der Waals surface area (Å²) in [6, 6.07) is 49.7. The molecule has 0 fully saturated rings. The Balaban J connectivity index is 0.00000724. The summed E-state index contributed by atoms with van der Waals surface area (Å²) in [5.74, 6) is 1.52. The molecule has 13 rings (SSSR count). The van der Waals surface area contributed by atoms with E-state index in [0.29, 0.717) is 28.2 Å². The van der Waals surface area contributed by atoms with Gasteiger partial charge < -0.3 is 13.9 Å². The SMILES string of the molecule is [2H]c1c([2H])c([2H])c(-c2cccc(-c3c([2H])c([2H])c([2H])c([2H])c3[2H])c2-[n+]2[c-]n(-c3[c-]c(Oc4[c-]c5c(cc4-c4ccccc4)c4ccccc4n5-c4cc(C(C)(C)C)ccn4)ccc3)c3cc4c(cc32)C(C)(C)c2ccccc2C4(C)C)c([2H])c1[2H].[Pt]. The molecule has 0 atom stereocenters. The van der Waals surface area contributed by atoms with Gasteiger partial charge >= 0.3 is 0 Å². The summed E-state index contributed by atoms with van der Waals surface area (Å²) in [5.41, 5.74) is 9.47. The van der Waals surface area contributed by atoms with Crippen molar-refractivity contribution < 1.29 is 44.1 Å². The minimum Gasteiger partial charge on any atom is -0.509 e. The summed E-state index contributed by atoms with van der Waals surface area (Å²) in [7, 11) is 0. The van der Waals surface area contributed by atoms with Crippen molar-refractivity contribution in [1.29, 1.82) is 0 Å². The molecule has 374 valence electrons. The number of ether oxygens (including phenoxy) is 1. The molecule has 3 heterocycles. The largest absolute Gasteiger partial charge is 0.509 e. The topological polar surface area (TPSA) is 35.9 Å². The predicted molar refractivity (Wildman–Crippen MR) is 306 cm³/mol. The Hall–Kier alpha value is -8.11. The fourth-order valence-corrected chi connectivity index (χ4v) is 11.2. The fraction of sp³-hybridized carbons (Fsp3) is 0.143. The molecule has 9 aromatic carbocycles. The van der Waals surface area contributed by atoms with Crippen LogP contribution >= 0.6 is 0 Å². The number of para-hydroxylation sites is 2. The fourth-order valence-electron chi connectivity index (χ4n) is 11.2. The van der Waals surface area contributed by atoms with Gasteiger partial charge in [-0.1, -0.05) is 217 Å². The van der Waals surface area contributed by atoms with Crippen LogP contribution in [0.5, 0.6) is 11.5 Å². The molecule has 1 aliphatic rings. The Morgan fingerprint density at radius 3 is 1.86 bits per heavy atom. The number of benzene rings is 9. The van der Waals surface area contributed by atoms with Crippen molar-refractivity contribution in [2.75, 3.05) is 0 Å². The third kappa shape index (κ3) is 8.03. The van der Waals surface area contributed by atoms with Crippen LogP contribution in [0.15, 0.2) is 212 Å². The van der Waals surface area contributed by atoms with Crippen molar-refractivity contribution in [1.82, 2.24) is 14.1 Å². The van der Waals surface area contributed by atoms with Crippen LogP contribution in [0.2, 0.25) is 0 Å². The number of nitrogens with zero attached hydrogens (tertiary/aromatic N) is 4. The molecule has 0 saturated heterocycles. The van der Waals surface area contributed by atoms with Gasteiger partial charge in [-0.25, -0.2) is 4.98 Å². The van der Waals surface area contributed by atoms with E-state index in [0.717, 1.165) is 66.6 Å². The van der Waals surface area contributed by atoms with Crippen molar-refractivity contribution in [2.24, 2.45) is 0 Å². The predicted octanol–water partition coefficient (Wildman–Crippen LogP) is 16.9. The first kappa shape index (κ1) is 38.4. The summed E-state index contributed by atoms with van der Waals surface area (Å²) >= 11 is 0. The van der Waals surface area contributed by atoms with E-state index >= 15 is 0 Å². The van der Waals surface area contributed by atoms with Gasteiger partial charge in [0.25, 0.3) is 6.33 Å². The molecule has 1 aliphatic carbocycles. The van der Waals surface area contributed by atoms with E-state index in [1.807, 2.05) is 83.6 Å². The number of rotatable bonds is 8. The molecule has 5 nitrogen and oxygen atoms in total. The molecular weight excluding hydrogens is 1110 g/mol. The minimum absolute atomic E-state index is 0. The van der Waals surface area contributed by atoms with E-state index < -0.39 is 71.3 Å². The van der Waals surface area contributed by atoms with Gasteiger partial charge in [0, 0.05) is 55.1 Å². The van der Waals surface area contributed by atoms with Crippen LogP contribution in [0.3, 0.4) is 0 Å². The van der Waals surface area contributed by atoms with Crippen molar-refractivity contribution in [3.63, 3.8) is 0 Å². The normalized spacial score (nSPS) is 15.4. The summed E-state index contributed by atoms with van der Waals surface area (Å²) in [6.45, 7) is 15.3. The molecule has 0 N–H and O–H groups in total. The number of fused-ring (bicyclic) bond motifs is 6. The van der Waals surface area contributed by atoms with Gasteiger partial charge in [-0.3, -0.25) is 4.57 Å². The molecule has 0 bridgehead atoms.